The zero-order valence-corrected chi connectivity index (χ0v) is 20.4. The van der Waals surface area contributed by atoms with Crippen LogP contribution in [0, 0.1) is 0 Å². The molecule has 0 saturated heterocycles. The molecule has 6 aromatic carbocycles. The van der Waals surface area contributed by atoms with Crippen LogP contribution < -0.4 is 0 Å². The van der Waals surface area contributed by atoms with Crippen molar-refractivity contribution in [3.8, 4) is 16.9 Å². The second-order valence-electron chi connectivity index (χ2n) is 9.83. The maximum Gasteiger partial charge on any atom is 0.154 e. The summed E-state index contributed by atoms with van der Waals surface area (Å²) in [5, 5.41) is 13.9. The summed E-state index contributed by atoms with van der Waals surface area (Å²) >= 11 is 0. The quantitative estimate of drug-likeness (QED) is 0.257. The molecule has 3 heteroatoms. The number of phenolic OH excluding ortho intramolecular Hbond substituents is 1. The summed E-state index contributed by atoms with van der Waals surface area (Å²) in [6.07, 6.45) is 1.59. The van der Waals surface area contributed by atoms with Crippen molar-refractivity contribution in [3.63, 3.8) is 0 Å². The van der Waals surface area contributed by atoms with Gasteiger partial charge in [0.25, 0.3) is 0 Å². The normalized spacial score (nSPS) is 13.3. The molecule has 38 heavy (non-hydrogen) atoms. The Morgan fingerprint density at radius 2 is 1.13 bits per heavy atom. The van der Waals surface area contributed by atoms with Crippen LogP contribution in [0.1, 0.15) is 43.0 Å². The number of carbonyl (C=O) groups is 2. The lowest BCUT2D eigenvalue weighted by atomic mass is 9.67. The Bertz CT molecular complexity index is 1890. The van der Waals surface area contributed by atoms with Gasteiger partial charge in [-0.25, -0.2) is 0 Å². The Balaban J connectivity index is 1.60. The van der Waals surface area contributed by atoms with Crippen molar-refractivity contribution in [1.29, 1.82) is 0 Å². The first-order valence-electron chi connectivity index (χ1n) is 12.6. The number of hydrogen-bond acceptors (Lipinski definition) is 3. The van der Waals surface area contributed by atoms with Crippen molar-refractivity contribution >= 4 is 34.1 Å². The van der Waals surface area contributed by atoms with Crippen LogP contribution in [0.5, 0.6) is 5.75 Å². The van der Waals surface area contributed by atoms with Gasteiger partial charge in [-0.05, 0) is 79.2 Å². The average Bonchev–Trinajstić information content (AvgIpc) is 3.27. The number of hydrogen-bond donors (Lipinski definition) is 1. The fraction of sp³-hybridized carbons (Fsp3) is 0.0286. The Kier molecular flexibility index (Phi) is 4.82. The molecule has 1 N–H and O–H groups in total. The lowest BCUT2D eigenvalue weighted by Crippen LogP contribution is -2.28. The van der Waals surface area contributed by atoms with Gasteiger partial charge in [-0.3, -0.25) is 9.59 Å². The van der Waals surface area contributed by atoms with E-state index in [1.54, 1.807) is 6.07 Å². The molecule has 0 amide bonds. The predicted molar refractivity (Wildman–Crippen MR) is 151 cm³/mol. The van der Waals surface area contributed by atoms with E-state index in [0.29, 0.717) is 17.4 Å². The predicted octanol–water partition coefficient (Wildman–Crippen LogP) is 7.69. The van der Waals surface area contributed by atoms with E-state index >= 15 is 0 Å². The number of rotatable bonds is 4. The fourth-order valence-electron chi connectivity index (χ4n) is 6.29. The van der Waals surface area contributed by atoms with Gasteiger partial charge in [0.2, 0.25) is 0 Å². The topological polar surface area (TPSA) is 54.4 Å². The first kappa shape index (κ1) is 22.2. The maximum absolute atomic E-state index is 11.8. The van der Waals surface area contributed by atoms with Crippen LogP contribution in [0.3, 0.4) is 0 Å². The average molecular weight is 491 g/mol. The minimum atomic E-state index is -0.599. The Morgan fingerprint density at radius 1 is 0.553 bits per heavy atom. The summed E-state index contributed by atoms with van der Waals surface area (Å²) in [6.45, 7) is 0. The van der Waals surface area contributed by atoms with Crippen LogP contribution in [0.2, 0.25) is 0 Å². The van der Waals surface area contributed by atoms with Crippen molar-refractivity contribution in [2.45, 2.75) is 5.41 Å². The summed E-state index contributed by atoms with van der Waals surface area (Å²) in [4.78, 5) is 23.2. The lowest BCUT2D eigenvalue weighted by Gasteiger charge is -2.34. The zero-order valence-electron chi connectivity index (χ0n) is 20.4. The van der Waals surface area contributed by atoms with E-state index in [2.05, 4.69) is 78.9 Å². The van der Waals surface area contributed by atoms with E-state index in [-0.39, 0.29) is 5.75 Å². The highest BCUT2D eigenvalue weighted by Crippen LogP contribution is 2.56. The van der Waals surface area contributed by atoms with Crippen LogP contribution >= 0.6 is 0 Å². The molecule has 0 heterocycles. The van der Waals surface area contributed by atoms with E-state index in [4.69, 9.17) is 0 Å². The highest BCUT2D eigenvalue weighted by atomic mass is 16.3. The van der Waals surface area contributed by atoms with Crippen molar-refractivity contribution < 1.29 is 14.7 Å². The van der Waals surface area contributed by atoms with Gasteiger partial charge in [0.15, 0.2) is 6.29 Å². The van der Waals surface area contributed by atoms with E-state index < -0.39 is 5.41 Å². The molecule has 0 atom stereocenters. The smallest absolute Gasteiger partial charge is 0.154 e. The first-order chi connectivity index (χ1) is 18.6. The summed E-state index contributed by atoms with van der Waals surface area (Å²) in [5.74, 6) is -0.0178. The summed E-state index contributed by atoms with van der Waals surface area (Å²) in [5.41, 5.74) is 7.32. The molecular formula is C35H22O3. The number of phenols is 1. The monoisotopic (exact) mass is 490 g/mol. The van der Waals surface area contributed by atoms with Crippen LogP contribution in [-0.2, 0) is 5.41 Å². The zero-order chi connectivity index (χ0) is 25.9. The molecule has 6 aromatic rings. The molecule has 7 rings (SSSR count). The molecule has 0 fully saturated rings. The molecule has 0 aromatic heterocycles. The minimum absolute atomic E-state index is 0.0178. The number of aldehydes is 2. The molecule has 180 valence electrons. The van der Waals surface area contributed by atoms with E-state index in [1.165, 1.54) is 22.3 Å². The number of aromatic hydroxyl groups is 1. The third-order valence-electron chi connectivity index (χ3n) is 7.98. The van der Waals surface area contributed by atoms with E-state index in [0.717, 1.165) is 39.0 Å². The highest BCUT2D eigenvalue weighted by molar-refractivity contribution is 6.01. The molecular weight excluding hydrogens is 468 g/mol. The van der Waals surface area contributed by atoms with Crippen LogP contribution in [0.4, 0.5) is 0 Å². The molecule has 0 bridgehead atoms. The molecule has 1 aliphatic rings. The molecule has 1 aliphatic carbocycles. The molecule has 0 spiro atoms. The van der Waals surface area contributed by atoms with Gasteiger partial charge in [0, 0.05) is 5.56 Å². The van der Waals surface area contributed by atoms with Gasteiger partial charge < -0.3 is 5.11 Å². The Morgan fingerprint density at radius 3 is 1.82 bits per heavy atom. The first-order valence-corrected chi connectivity index (χ1v) is 12.6. The fourth-order valence-corrected chi connectivity index (χ4v) is 6.29. The standard InChI is InChI=1S/C35H22O3/c36-20-22-9-10-24-18-26(13-11-23(24)17-22)35(27-14-15-28-25(19-27)12-16-34(38)31(28)21-37)32-7-3-1-5-29(32)30-6-2-4-8-33(30)35/h1-21,38H. The summed E-state index contributed by atoms with van der Waals surface area (Å²) in [7, 11) is 0. The minimum Gasteiger partial charge on any atom is -0.507 e. The number of benzene rings is 6. The van der Waals surface area contributed by atoms with Gasteiger partial charge >= 0.3 is 0 Å². The van der Waals surface area contributed by atoms with E-state index in [1.807, 2.05) is 30.3 Å². The van der Waals surface area contributed by atoms with Crippen LogP contribution in [-0.4, -0.2) is 17.7 Å². The highest BCUT2D eigenvalue weighted by Gasteiger charge is 2.46. The van der Waals surface area contributed by atoms with Gasteiger partial charge in [-0.2, -0.15) is 0 Å². The number of carbonyl (C=O) groups excluding carboxylic acids is 2. The van der Waals surface area contributed by atoms with Crippen molar-refractivity contribution in [3.05, 3.63) is 149 Å². The molecule has 0 radical (unpaired) electrons. The molecule has 0 unspecified atom stereocenters. The van der Waals surface area contributed by atoms with Crippen LogP contribution in [0.15, 0.2) is 115 Å². The van der Waals surface area contributed by atoms with Crippen molar-refractivity contribution in [2.24, 2.45) is 0 Å². The third kappa shape index (κ3) is 2.96. The maximum atomic E-state index is 11.8. The summed E-state index contributed by atoms with van der Waals surface area (Å²) in [6, 6.07) is 38.9. The third-order valence-corrected chi connectivity index (χ3v) is 7.98. The number of fused-ring (bicyclic) bond motifs is 5. The van der Waals surface area contributed by atoms with Crippen molar-refractivity contribution in [1.82, 2.24) is 0 Å². The molecule has 0 aliphatic heterocycles. The second-order valence-corrected chi connectivity index (χ2v) is 9.83. The lowest BCUT2D eigenvalue weighted by molar-refractivity contribution is 0.111. The van der Waals surface area contributed by atoms with Gasteiger partial charge in [-0.15, -0.1) is 0 Å². The van der Waals surface area contributed by atoms with Gasteiger partial charge in [-0.1, -0.05) is 91.0 Å². The Labute approximate surface area is 219 Å². The largest absolute Gasteiger partial charge is 0.507 e. The molecule has 3 nitrogen and oxygen atoms in total. The molecule has 0 saturated carbocycles. The summed E-state index contributed by atoms with van der Waals surface area (Å²) < 4.78 is 0. The Hall–Kier alpha value is -5.02. The second kappa shape index (κ2) is 8.25. The van der Waals surface area contributed by atoms with Gasteiger partial charge in [0.1, 0.15) is 12.0 Å². The van der Waals surface area contributed by atoms with Crippen molar-refractivity contribution in [2.75, 3.05) is 0 Å². The SMILES string of the molecule is O=Cc1ccc2cc(C3(c4ccc5c(C=O)c(O)ccc5c4)c4ccccc4-c4ccccc43)ccc2c1. The van der Waals surface area contributed by atoms with Crippen LogP contribution in [0.25, 0.3) is 32.7 Å². The van der Waals surface area contributed by atoms with E-state index in [9.17, 15) is 14.7 Å². The van der Waals surface area contributed by atoms with Gasteiger partial charge in [0.05, 0.1) is 11.0 Å².